The van der Waals surface area contributed by atoms with Gasteiger partial charge in [-0.25, -0.2) is 9.59 Å². The van der Waals surface area contributed by atoms with E-state index in [4.69, 9.17) is 0 Å². The van der Waals surface area contributed by atoms with Crippen LogP contribution in [0.1, 0.15) is 86.9 Å². The summed E-state index contributed by atoms with van der Waals surface area (Å²) in [4.78, 5) is 62.1. The van der Waals surface area contributed by atoms with Crippen molar-refractivity contribution in [3.63, 3.8) is 0 Å². The van der Waals surface area contributed by atoms with E-state index in [0.717, 1.165) is 25.7 Å². The van der Waals surface area contributed by atoms with E-state index in [9.17, 15) is 34.2 Å². The molecule has 2 atom stereocenters. The molecule has 1 aliphatic heterocycles. The Kier molecular flexibility index (Phi) is 13.6. The maximum atomic E-state index is 12.7. The molecule has 1 aromatic rings. The van der Waals surface area contributed by atoms with Crippen LogP contribution in [-0.2, 0) is 14.4 Å². The second-order valence-electron chi connectivity index (χ2n) is 10.4. The number of nitrogens with one attached hydrogen (secondary N) is 1. The summed E-state index contributed by atoms with van der Waals surface area (Å²) in [6.07, 6.45) is 9.79. The standard InChI is InChI=1S/C31H40N2O7S/c1-20(2)9-7-10-21(3)11-8-12-22(4)17-18-41-19-25(30(37)38)32-27(34)16-15-26(31(39)40)33-28(35)23-13-5-6-14-24(23)29(33)36/h5-6,9,11,13-14,17,25-26H,7-8,10,12,15-16,18-19H2,1-4H3,(H,32,34)(H,37,38)(H,39,40). The molecule has 2 rings (SSSR count). The molecule has 1 heterocycles. The molecule has 9 nitrogen and oxygen atoms in total. The summed E-state index contributed by atoms with van der Waals surface area (Å²) in [5, 5.41) is 21.6. The highest BCUT2D eigenvalue weighted by molar-refractivity contribution is 7.99. The molecule has 0 bridgehead atoms. The number of aliphatic carboxylic acids is 2. The highest BCUT2D eigenvalue weighted by Crippen LogP contribution is 2.26. The number of allylic oxidation sites excluding steroid dienone is 5. The molecule has 222 valence electrons. The quantitative estimate of drug-likeness (QED) is 0.128. The van der Waals surface area contributed by atoms with Crippen molar-refractivity contribution in [3.05, 3.63) is 70.3 Å². The fourth-order valence-electron chi connectivity index (χ4n) is 4.29. The maximum Gasteiger partial charge on any atom is 0.327 e. The van der Waals surface area contributed by atoms with E-state index < -0.39 is 41.7 Å². The Hall–Kier alpha value is -3.66. The van der Waals surface area contributed by atoms with E-state index in [1.54, 1.807) is 12.1 Å². The highest BCUT2D eigenvalue weighted by atomic mass is 32.2. The van der Waals surface area contributed by atoms with Crippen molar-refractivity contribution in [2.75, 3.05) is 11.5 Å². The number of carbonyl (C=O) groups is 5. The van der Waals surface area contributed by atoms with E-state index >= 15 is 0 Å². The van der Waals surface area contributed by atoms with Gasteiger partial charge >= 0.3 is 11.9 Å². The Morgan fingerprint density at radius 3 is 1.95 bits per heavy atom. The van der Waals surface area contributed by atoms with Gasteiger partial charge in [-0.2, -0.15) is 11.8 Å². The topological polar surface area (TPSA) is 141 Å². The third kappa shape index (κ3) is 10.7. The van der Waals surface area contributed by atoms with E-state index in [-0.39, 0.29) is 29.7 Å². The van der Waals surface area contributed by atoms with Crippen molar-refractivity contribution in [2.24, 2.45) is 0 Å². The predicted octanol–water partition coefficient (Wildman–Crippen LogP) is 5.24. The van der Waals surface area contributed by atoms with Gasteiger partial charge in [0.05, 0.1) is 11.1 Å². The van der Waals surface area contributed by atoms with Gasteiger partial charge in [0.25, 0.3) is 11.8 Å². The minimum Gasteiger partial charge on any atom is -0.480 e. The fraction of sp³-hybridized carbons (Fsp3) is 0.452. The molecule has 1 aliphatic rings. The van der Waals surface area contributed by atoms with Crippen LogP contribution in [-0.4, -0.2) is 68.4 Å². The number of carboxylic acid groups (broad SMARTS) is 2. The van der Waals surface area contributed by atoms with Crippen LogP contribution in [0.4, 0.5) is 0 Å². The molecular weight excluding hydrogens is 544 g/mol. The summed E-state index contributed by atoms with van der Waals surface area (Å²) >= 11 is 1.37. The molecular formula is C31H40N2O7S. The van der Waals surface area contributed by atoms with Gasteiger partial charge in [0.1, 0.15) is 12.1 Å². The van der Waals surface area contributed by atoms with E-state index in [1.807, 2.05) is 6.92 Å². The lowest BCUT2D eigenvalue weighted by molar-refractivity contribution is -0.143. The zero-order valence-corrected chi connectivity index (χ0v) is 25.0. The predicted molar refractivity (Wildman–Crippen MR) is 160 cm³/mol. The lowest BCUT2D eigenvalue weighted by Gasteiger charge is -2.22. The lowest BCUT2D eigenvalue weighted by Crippen LogP contribution is -2.46. The smallest absolute Gasteiger partial charge is 0.327 e. The van der Waals surface area contributed by atoms with Crippen molar-refractivity contribution in [2.45, 2.75) is 78.3 Å². The maximum absolute atomic E-state index is 12.7. The van der Waals surface area contributed by atoms with E-state index in [2.05, 4.69) is 44.3 Å². The van der Waals surface area contributed by atoms with Crippen LogP contribution in [0.5, 0.6) is 0 Å². The number of carbonyl (C=O) groups excluding carboxylic acids is 3. The molecule has 0 fully saturated rings. The number of nitrogens with zero attached hydrogens (tertiary/aromatic N) is 1. The van der Waals surface area contributed by atoms with Crippen molar-refractivity contribution in [1.29, 1.82) is 0 Å². The first-order chi connectivity index (χ1) is 19.4. The number of carboxylic acids is 2. The van der Waals surface area contributed by atoms with Gasteiger partial charge in [-0.15, -0.1) is 0 Å². The number of hydrogen-bond donors (Lipinski definition) is 3. The highest BCUT2D eigenvalue weighted by Gasteiger charge is 2.42. The van der Waals surface area contributed by atoms with Crippen LogP contribution in [0.15, 0.2) is 59.2 Å². The Labute approximate surface area is 245 Å². The lowest BCUT2D eigenvalue weighted by atomic mass is 10.1. The Balaban J connectivity index is 1.81. The summed E-state index contributed by atoms with van der Waals surface area (Å²) in [5.74, 6) is -4.02. The summed E-state index contributed by atoms with van der Waals surface area (Å²) in [6, 6.07) is 3.33. The van der Waals surface area contributed by atoms with Crippen LogP contribution in [0.2, 0.25) is 0 Å². The summed E-state index contributed by atoms with van der Waals surface area (Å²) < 4.78 is 0. The minimum atomic E-state index is -1.55. The van der Waals surface area contributed by atoms with Crippen LogP contribution >= 0.6 is 11.8 Å². The molecule has 1 aromatic carbocycles. The Morgan fingerprint density at radius 1 is 0.854 bits per heavy atom. The molecule has 2 unspecified atom stereocenters. The van der Waals surface area contributed by atoms with E-state index in [0.29, 0.717) is 10.7 Å². The summed E-state index contributed by atoms with van der Waals surface area (Å²) in [7, 11) is 0. The molecule has 10 heteroatoms. The SMILES string of the molecule is CC(C)=CCCC(C)=CCCC(C)=CCSCC(NC(=O)CCC(C(=O)O)N1C(=O)c2ccccc2C1=O)C(=O)O. The van der Waals surface area contributed by atoms with Crippen LogP contribution in [0.3, 0.4) is 0 Å². The first kappa shape index (κ1) is 33.5. The normalized spacial score (nSPS) is 14.9. The van der Waals surface area contributed by atoms with Crippen molar-refractivity contribution >= 4 is 41.4 Å². The van der Waals surface area contributed by atoms with E-state index in [1.165, 1.54) is 40.6 Å². The number of amides is 3. The van der Waals surface area contributed by atoms with Crippen molar-refractivity contribution < 1.29 is 34.2 Å². The van der Waals surface area contributed by atoms with Gasteiger partial charge in [-0.3, -0.25) is 19.3 Å². The minimum absolute atomic E-state index is 0.113. The van der Waals surface area contributed by atoms with Gasteiger partial charge in [-0.05, 0) is 71.9 Å². The van der Waals surface area contributed by atoms with Gasteiger partial charge in [0.2, 0.25) is 5.91 Å². The molecule has 0 spiro atoms. The number of thioether (sulfide) groups is 1. The molecule has 3 N–H and O–H groups in total. The van der Waals surface area contributed by atoms with Gasteiger partial charge in [0, 0.05) is 17.9 Å². The molecule has 0 aliphatic carbocycles. The molecule has 0 aromatic heterocycles. The number of rotatable bonds is 17. The molecule has 0 radical (unpaired) electrons. The molecule has 0 saturated heterocycles. The van der Waals surface area contributed by atoms with Gasteiger partial charge in [0.15, 0.2) is 0 Å². The van der Waals surface area contributed by atoms with Crippen molar-refractivity contribution in [3.8, 4) is 0 Å². The first-order valence-electron chi connectivity index (χ1n) is 13.7. The molecule has 0 saturated carbocycles. The zero-order chi connectivity index (χ0) is 30.5. The van der Waals surface area contributed by atoms with Crippen LogP contribution < -0.4 is 5.32 Å². The number of benzene rings is 1. The number of fused-ring (bicyclic) bond motifs is 1. The third-order valence-electron chi connectivity index (χ3n) is 6.66. The number of hydrogen-bond acceptors (Lipinski definition) is 6. The largest absolute Gasteiger partial charge is 0.480 e. The summed E-state index contributed by atoms with van der Waals surface area (Å²) in [6.45, 7) is 8.37. The molecule has 3 amide bonds. The van der Waals surface area contributed by atoms with Crippen LogP contribution in [0, 0.1) is 0 Å². The molecule has 41 heavy (non-hydrogen) atoms. The number of imide groups is 1. The monoisotopic (exact) mass is 584 g/mol. The Bertz CT molecular complexity index is 1200. The second kappa shape index (κ2) is 16.6. The third-order valence-corrected chi connectivity index (χ3v) is 7.63. The van der Waals surface area contributed by atoms with Gasteiger partial charge < -0.3 is 15.5 Å². The first-order valence-corrected chi connectivity index (χ1v) is 14.8. The second-order valence-corrected chi connectivity index (χ2v) is 11.4. The Morgan fingerprint density at radius 2 is 1.41 bits per heavy atom. The average Bonchev–Trinajstić information content (AvgIpc) is 3.15. The zero-order valence-electron chi connectivity index (χ0n) is 24.1. The van der Waals surface area contributed by atoms with Crippen LogP contribution in [0.25, 0.3) is 0 Å². The van der Waals surface area contributed by atoms with Gasteiger partial charge in [-0.1, -0.05) is 47.1 Å². The summed E-state index contributed by atoms with van der Waals surface area (Å²) in [5.41, 5.74) is 4.12. The van der Waals surface area contributed by atoms with Crippen molar-refractivity contribution in [1.82, 2.24) is 10.2 Å². The fourth-order valence-corrected chi connectivity index (χ4v) is 5.29. The average molecular weight is 585 g/mol.